The molecular weight excluding hydrogens is 178 g/mol. The molecular formula is C11H23NO2. The van der Waals surface area contributed by atoms with Crippen LogP contribution in [0.3, 0.4) is 0 Å². The fourth-order valence-corrected chi connectivity index (χ4v) is 1.75. The normalized spacial score (nSPS) is 23.8. The summed E-state index contributed by atoms with van der Waals surface area (Å²) in [6.45, 7) is 7.33. The van der Waals surface area contributed by atoms with Crippen molar-refractivity contribution in [2.24, 2.45) is 5.92 Å². The van der Waals surface area contributed by atoms with Gasteiger partial charge in [0.15, 0.2) is 0 Å². The SMILES string of the molecule is CC(C)(CCO)OCC1CCCNC1. The third kappa shape index (κ3) is 4.40. The first-order valence-electron chi connectivity index (χ1n) is 5.59. The lowest BCUT2D eigenvalue weighted by Gasteiger charge is -2.29. The van der Waals surface area contributed by atoms with Gasteiger partial charge in [0.2, 0.25) is 0 Å². The van der Waals surface area contributed by atoms with E-state index < -0.39 is 0 Å². The first kappa shape index (κ1) is 12.0. The number of aliphatic hydroxyl groups is 1. The fourth-order valence-electron chi connectivity index (χ4n) is 1.75. The minimum absolute atomic E-state index is 0.174. The highest BCUT2D eigenvalue weighted by Crippen LogP contribution is 2.18. The second-order valence-electron chi connectivity index (χ2n) is 4.76. The van der Waals surface area contributed by atoms with E-state index in [2.05, 4.69) is 5.32 Å². The summed E-state index contributed by atoms with van der Waals surface area (Å²) in [5, 5.41) is 12.2. The molecule has 1 aliphatic heterocycles. The average molecular weight is 201 g/mol. The summed E-state index contributed by atoms with van der Waals surface area (Å²) in [6.07, 6.45) is 3.24. The second kappa shape index (κ2) is 5.69. The maximum atomic E-state index is 8.85. The van der Waals surface area contributed by atoms with Crippen LogP contribution in [0.4, 0.5) is 0 Å². The lowest BCUT2D eigenvalue weighted by Crippen LogP contribution is -2.35. The van der Waals surface area contributed by atoms with Crippen molar-refractivity contribution < 1.29 is 9.84 Å². The zero-order valence-corrected chi connectivity index (χ0v) is 9.38. The lowest BCUT2D eigenvalue weighted by molar-refractivity contribution is -0.0509. The van der Waals surface area contributed by atoms with E-state index in [9.17, 15) is 0 Å². The van der Waals surface area contributed by atoms with Gasteiger partial charge in [-0.2, -0.15) is 0 Å². The van der Waals surface area contributed by atoms with Crippen LogP contribution in [-0.4, -0.2) is 37.0 Å². The molecule has 1 aliphatic rings. The molecule has 1 atom stereocenters. The van der Waals surface area contributed by atoms with E-state index in [1.54, 1.807) is 0 Å². The largest absolute Gasteiger partial charge is 0.396 e. The molecule has 0 aromatic carbocycles. The smallest absolute Gasteiger partial charge is 0.0648 e. The van der Waals surface area contributed by atoms with Crippen molar-refractivity contribution in [3.63, 3.8) is 0 Å². The van der Waals surface area contributed by atoms with E-state index in [1.165, 1.54) is 12.8 Å². The summed E-state index contributed by atoms with van der Waals surface area (Å²) in [7, 11) is 0. The summed E-state index contributed by atoms with van der Waals surface area (Å²) in [5.41, 5.74) is -0.174. The zero-order chi connectivity index (χ0) is 10.4. The molecule has 3 heteroatoms. The van der Waals surface area contributed by atoms with Crippen molar-refractivity contribution in [2.75, 3.05) is 26.3 Å². The second-order valence-corrected chi connectivity index (χ2v) is 4.76. The Morgan fingerprint density at radius 3 is 2.86 bits per heavy atom. The van der Waals surface area contributed by atoms with Crippen LogP contribution in [0.2, 0.25) is 0 Å². The predicted octanol–water partition coefficient (Wildman–Crippen LogP) is 1.16. The lowest BCUT2D eigenvalue weighted by atomic mass is 10.00. The van der Waals surface area contributed by atoms with E-state index in [0.29, 0.717) is 12.3 Å². The first-order valence-corrected chi connectivity index (χ1v) is 5.59. The van der Waals surface area contributed by atoms with Crippen molar-refractivity contribution in [1.82, 2.24) is 5.32 Å². The van der Waals surface area contributed by atoms with Gasteiger partial charge in [0, 0.05) is 13.2 Å². The summed E-state index contributed by atoms with van der Waals surface area (Å²) >= 11 is 0. The van der Waals surface area contributed by atoms with Crippen molar-refractivity contribution >= 4 is 0 Å². The number of ether oxygens (including phenoxy) is 1. The Kier molecular flexibility index (Phi) is 4.85. The molecule has 1 heterocycles. The van der Waals surface area contributed by atoms with Gasteiger partial charge in [-0.25, -0.2) is 0 Å². The fraction of sp³-hybridized carbons (Fsp3) is 1.00. The minimum atomic E-state index is -0.174. The summed E-state index contributed by atoms with van der Waals surface area (Å²) in [6, 6.07) is 0. The molecule has 1 fully saturated rings. The van der Waals surface area contributed by atoms with Crippen LogP contribution >= 0.6 is 0 Å². The van der Waals surface area contributed by atoms with Crippen LogP contribution in [0.15, 0.2) is 0 Å². The number of aliphatic hydroxyl groups excluding tert-OH is 1. The first-order chi connectivity index (χ1) is 6.64. The summed E-state index contributed by atoms with van der Waals surface area (Å²) in [4.78, 5) is 0. The molecule has 1 unspecified atom stereocenters. The van der Waals surface area contributed by atoms with Gasteiger partial charge in [-0.1, -0.05) is 0 Å². The van der Waals surface area contributed by atoms with E-state index in [4.69, 9.17) is 9.84 Å². The van der Waals surface area contributed by atoms with Gasteiger partial charge in [0.25, 0.3) is 0 Å². The molecule has 0 amide bonds. The van der Waals surface area contributed by atoms with Crippen molar-refractivity contribution in [3.8, 4) is 0 Å². The standard InChI is InChI=1S/C11H23NO2/c1-11(2,5-7-13)14-9-10-4-3-6-12-8-10/h10,12-13H,3-9H2,1-2H3. The maximum absolute atomic E-state index is 8.85. The van der Waals surface area contributed by atoms with Crippen LogP contribution in [0.25, 0.3) is 0 Å². The Morgan fingerprint density at radius 1 is 1.50 bits per heavy atom. The van der Waals surface area contributed by atoms with Crippen LogP contribution in [0.5, 0.6) is 0 Å². The van der Waals surface area contributed by atoms with E-state index in [1.807, 2.05) is 13.8 Å². The highest BCUT2D eigenvalue weighted by Gasteiger charge is 2.21. The topological polar surface area (TPSA) is 41.5 Å². The van der Waals surface area contributed by atoms with E-state index in [0.717, 1.165) is 19.7 Å². The van der Waals surface area contributed by atoms with Gasteiger partial charge in [0.05, 0.1) is 12.2 Å². The molecule has 0 saturated carbocycles. The Balaban J connectivity index is 2.17. The highest BCUT2D eigenvalue weighted by molar-refractivity contribution is 4.72. The zero-order valence-electron chi connectivity index (χ0n) is 9.38. The van der Waals surface area contributed by atoms with Crippen molar-refractivity contribution in [3.05, 3.63) is 0 Å². The molecule has 2 N–H and O–H groups in total. The molecule has 0 bridgehead atoms. The molecule has 14 heavy (non-hydrogen) atoms. The van der Waals surface area contributed by atoms with Crippen LogP contribution < -0.4 is 5.32 Å². The van der Waals surface area contributed by atoms with Crippen molar-refractivity contribution in [1.29, 1.82) is 0 Å². The third-order valence-corrected chi connectivity index (χ3v) is 2.82. The number of rotatable bonds is 5. The maximum Gasteiger partial charge on any atom is 0.0648 e. The van der Waals surface area contributed by atoms with Gasteiger partial charge in [-0.3, -0.25) is 0 Å². The molecule has 1 saturated heterocycles. The number of hydrogen-bond donors (Lipinski definition) is 2. The van der Waals surface area contributed by atoms with E-state index in [-0.39, 0.29) is 12.2 Å². The van der Waals surface area contributed by atoms with Crippen LogP contribution in [0.1, 0.15) is 33.1 Å². The monoisotopic (exact) mass is 201 g/mol. The Bertz CT molecular complexity index is 153. The highest BCUT2D eigenvalue weighted by atomic mass is 16.5. The van der Waals surface area contributed by atoms with Crippen molar-refractivity contribution in [2.45, 2.75) is 38.7 Å². The summed E-state index contributed by atoms with van der Waals surface area (Å²) < 4.78 is 5.81. The molecule has 1 rings (SSSR count). The van der Waals surface area contributed by atoms with Crippen LogP contribution in [0, 0.1) is 5.92 Å². The third-order valence-electron chi connectivity index (χ3n) is 2.82. The van der Waals surface area contributed by atoms with Gasteiger partial charge in [-0.15, -0.1) is 0 Å². The van der Waals surface area contributed by atoms with E-state index >= 15 is 0 Å². The van der Waals surface area contributed by atoms with Gasteiger partial charge in [0.1, 0.15) is 0 Å². The quantitative estimate of drug-likeness (QED) is 0.701. The number of piperidine rings is 1. The summed E-state index contributed by atoms with van der Waals surface area (Å²) in [5.74, 6) is 0.654. The average Bonchev–Trinajstić information content (AvgIpc) is 2.17. The van der Waals surface area contributed by atoms with Crippen LogP contribution in [-0.2, 0) is 4.74 Å². The molecule has 0 aromatic rings. The van der Waals surface area contributed by atoms with Gasteiger partial charge in [-0.05, 0) is 45.6 Å². The molecule has 3 nitrogen and oxygen atoms in total. The Labute approximate surface area is 86.8 Å². The molecule has 84 valence electrons. The Hall–Kier alpha value is -0.120. The van der Waals surface area contributed by atoms with Gasteiger partial charge >= 0.3 is 0 Å². The predicted molar refractivity (Wildman–Crippen MR) is 57.3 cm³/mol. The number of nitrogens with one attached hydrogen (secondary N) is 1. The molecule has 0 spiro atoms. The molecule has 0 radical (unpaired) electrons. The van der Waals surface area contributed by atoms with Gasteiger partial charge < -0.3 is 15.2 Å². The Morgan fingerprint density at radius 2 is 2.29 bits per heavy atom. The number of hydrogen-bond acceptors (Lipinski definition) is 3. The molecule has 0 aliphatic carbocycles. The molecule has 0 aromatic heterocycles. The minimum Gasteiger partial charge on any atom is -0.396 e.